The van der Waals surface area contributed by atoms with Gasteiger partial charge in [-0.15, -0.1) is 0 Å². The summed E-state index contributed by atoms with van der Waals surface area (Å²) in [5.74, 6) is 1.37. The van der Waals surface area contributed by atoms with Crippen molar-refractivity contribution in [3.8, 4) is 0 Å². The lowest BCUT2D eigenvalue weighted by molar-refractivity contribution is -0.148. The Balaban J connectivity index is 2.65. The predicted molar refractivity (Wildman–Crippen MR) is 66.3 cm³/mol. The summed E-state index contributed by atoms with van der Waals surface area (Å²) in [7, 11) is 0. The number of carbonyl (C=O) groups excluding carboxylic acids is 2. The summed E-state index contributed by atoms with van der Waals surface area (Å²) in [5, 5.41) is 2.71. The Hall–Kier alpha value is -0.710. The van der Waals surface area contributed by atoms with Crippen molar-refractivity contribution >= 4 is 23.6 Å². The maximum absolute atomic E-state index is 12.0. The monoisotopic (exact) mass is 244 g/mol. The highest BCUT2D eigenvalue weighted by Gasteiger charge is 2.39. The van der Waals surface area contributed by atoms with Gasteiger partial charge in [0.2, 0.25) is 11.8 Å². The minimum atomic E-state index is -0.756. The number of carbonyl (C=O) groups is 2. The van der Waals surface area contributed by atoms with Gasteiger partial charge in [-0.2, -0.15) is 11.8 Å². The van der Waals surface area contributed by atoms with Crippen LogP contribution in [0.4, 0.5) is 0 Å². The molecule has 1 unspecified atom stereocenters. The van der Waals surface area contributed by atoms with Crippen molar-refractivity contribution in [1.82, 2.24) is 10.2 Å². The molecule has 1 fully saturated rings. The van der Waals surface area contributed by atoms with Crippen molar-refractivity contribution in [3.63, 3.8) is 0 Å². The highest BCUT2D eigenvalue weighted by Crippen LogP contribution is 2.15. The normalized spacial score (nSPS) is 21.9. The van der Waals surface area contributed by atoms with Crippen LogP contribution in [-0.2, 0) is 9.59 Å². The molecule has 2 amide bonds. The van der Waals surface area contributed by atoms with E-state index in [0.717, 1.165) is 5.75 Å². The van der Waals surface area contributed by atoms with Gasteiger partial charge in [-0.3, -0.25) is 9.59 Å². The first-order valence-corrected chi connectivity index (χ1v) is 6.85. The van der Waals surface area contributed by atoms with E-state index >= 15 is 0 Å². The number of rotatable bonds is 4. The minimum absolute atomic E-state index is 0.0139. The molecule has 5 heteroatoms. The number of piperazine rings is 1. The van der Waals surface area contributed by atoms with E-state index in [0.29, 0.717) is 12.5 Å². The number of nitrogens with one attached hydrogen (secondary N) is 1. The van der Waals surface area contributed by atoms with Crippen LogP contribution in [0.25, 0.3) is 0 Å². The fourth-order valence-corrected chi connectivity index (χ4v) is 2.62. The highest BCUT2D eigenvalue weighted by molar-refractivity contribution is 7.98. The fourth-order valence-electron chi connectivity index (χ4n) is 1.94. The number of nitrogens with zero attached hydrogens (tertiary/aromatic N) is 1. The van der Waals surface area contributed by atoms with E-state index in [2.05, 4.69) is 12.2 Å². The summed E-state index contributed by atoms with van der Waals surface area (Å²) in [6.07, 6.45) is 2.05. The molecule has 1 rings (SSSR count). The second-order valence-corrected chi connectivity index (χ2v) is 5.83. The molecule has 1 aliphatic rings. The molecule has 0 spiro atoms. The third-order valence-electron chi connectivity index (χ3n) is 2.59. The zero-order chi connectivity index (χ0) is 12.3. The molecule has 1 atom stereocenters. The van der Waals surface area contributed by atoms with Crippen LogP contribution < -0.4 is 5.32 Å². The molecule has 0 saturated carbocycles. The smallest absolute Gasteiger partial charge is 0.248 e. The molecular formula is C11H20N2O2S. The largest absolute Gasteiger partial charge is 0.341 e. The van der Waals surface area contributed by atoms with Crippen LogP contribution in [0, 0.1) is 5.92 Å². The van der Waals surface area contributed by atoms with Crippen LogP contribution in [0.5, 0.6) is 0 Å². The van der Waals surface area contributed by atoms with Gasteiger partial charge >= 0.3 is 0 Å². The van der Waals surface area contributed by atoms with Crippen LogP contribution in [0.3, 0.4) is 0 Å². The van der Waals surface area contributed by atoms with Crippen LogP contribution in [0.15, 0.2) is 0 Å². The Labute approximate surface area is 101 Å². The van der Waals surface area contributed by atoms with Crippen LogP contribution in [0.2, 0.25) is 0 Å². The third kappa shape index (κ3) is 3.14. The molecule has 16 heavy (non-hydrogen) atoms. The zero-order valence-electron chi connectivity index (χ0n) is 10.4. The molecule has 1 aliphatic heterocycles. The van der Waals surface area contributed by atoms with Crippen molar-refractivity contribution < 1.29 is 9.59 Å². The Morgan fingerprint density at radius 1 is 1.50 bits per heavy atom. The van der Waals surface area contributed by atoms with Crippen molar-refractivity contribution in [2.45, 2.75) is 26.3 Å². The number of thioether (sulfide) groups is 1. The van der Waals surface area contributed by atoms with Crippen LogP contribution in [-0.4, -0.2) is 47.4 Å². The van der Waals surface area contributed by atoms with Crippen LogP contribution >= 0.6 is 11.8 Å². The average molecular weight is 244 g/mol. The second kappa shape index (κ2) is 5.08. The summed E-state index contributed by atoms with van der Waals surface area (Å²) in [5.41, 5.74) is -0.756. The second-order valence-electron chi connectivity index (χ2n) is 4.92. The highest BCUT2D eigenvalue weighted by atomic mass is 32.2. The minimum Gasteiger partial charge on any atom is -0.341 e. The summed E-state index contributed by atoms with van der Waals surface area (Å²) in [6.45, 7) is 6.46. The van der Waals surface area contributed by atoms with Gasteiger partial charge in [0, 0.05) is 6.54 Å². The van der Waals surface area contributed by atoms with Gasteiger partial charge in [0.15, 0.2) is 0 Å². The standard InChI is InChI=1S/C11H20N2O2S/c1-8(7-16-4)5-13-6-9(14)12-11(2,3)10(13)15/h8H,5-7H2,1-4H3,(H,12,14). The van der Waals surface area contributed by atoms with E-state index in [9.17, 15) is 9.59 Å². The topological polar surface area (TPSA) is 49.4 Å². The summed E-state index contributed by atoms with van der Waals surface area (Å²) in [4.78, 5) is 25.2. The van der Waals surface area contributed by atoms with Gasteiger partial charge in [0.05, 0.1) is 6.54 Å². The lowest BCUT2D eigenvalue weighted by atomic mass is 9.99. The predicted octanol–water partition coefficient (Wildman–Crippen LogP) is 0.722. The summed E-state index contributed by atoms with van der Waals surface area (Å²) in [6, 6.07) is 0. The molecule has 92 valence electrons. The third-order valence-corrected chi connectivity index (χ3v) is 3.49. The van der Waals surface area contributed by atoms with Crippen LogP contribution in [0.1, 0.15) is 20.8 Å². The maximum atomic E-state index is 12.0. The summed E-state index contributed by atoms with van der Waals surface area (Å²) < 4.78 is 0. The molecule has 0 aromatic rings. The molecule has 0 aromatic carbocycles. The first-order chi connectivity index (χ1) is 7.36. The molecule has 0 radical (unpaired) electrons. The molecule has 1 N–H and O–H groups in total. The average Bonchev–Trinajstić information content (AvgIpc) is 2.13. The van der Waals surface area contributed by atoms with E-state index in [-0.39, 0.29) is 18.4 Å². The quantitative estimate of drug-likeness (QED) is 0.793. The van der Waals surface area contributed by atoms with Gasteiger partial charge in [0.1, 0.15) is 5.54 Å². The molecule has 0 aromatic heterocycles. The fraction of sp³-hybridized carbons (Fsp3) is 0.818. The van der Waals surface area contributed by atoms with Crippen molar-refractivity contribution in [1.29, 1.82) is 0 Å². The number of hydrogen-bond donors (Lipinski definition) is 1. The first kappa shape index (κ1) is 13.4. The van der Waals surface area contributed by atoms with Crippen molar-refractivity contribution in [3.05, 3.63) is 0 Å². The van der Waals surface area contributed by atoms with E-state index in [4.69, 9.17) is 0 Å². The van der Waals surface area contributed by atoms with Gasteiger partial charge in [-0.1, -0.05) is 6.92 Å². The molecule has 1 saturated heterocycles. The summed E-state index contributed by atoms with van der Waals surface area (Å²) >= 11 is 1.76. The van der Waals surface area contributed by atoms with Crippen molar-refractivity contribution in [2.75, 3.05) is 25.1 Å². The Bertz CT molecular complexity index is 292. The van der Waals surface area contributed by atoms with E-state index in [1.807, 2.05) is 6.26 Å². The van der Waals surface area contributed by atoms with E-state index in [1.54, 1.807) is 30.5 Å². The number of amides is 2. The molecule has 0 aliphatic carbocycles. The van der Waals surface area contributed by atoms with Gasteiger partial charge in [0.25, 0.3) is 0 Å². The molecular weight excluding hydrogens is 224 g/mol. The van der Waals surface area contributed by atoms with Gasteiger partial charge in [-0.05, 0) is 31.8 Å². The van der Waals surface area contributed by atoms with Crippen molar-refractivity contribution in [2.24, 2.45) is 5.92 Å². The lowest BCUT2D eigenvalue weighted by Crippen LogP contribution is -2.64. The van der Waals surface area contributed by atoms with E-state index < -0.39 is 5.54 Å². The molecule has 1 heterocycles. The zero-order valence-corrected chi connectivity index (χ0v) is 11.2. The Morgan fingerprint density at radius 3 is 2.69 bits per heavy atom. The van der Waals surface area contributed by atoms with Gasteiger partial charge < -0.3 is 10.2 Å². The molecule has 0 bridgehead atoms. The number of hydrogen-bond acceptors (Lipinski definition) is 3. The van der Waals surface area contributed by atoms with E-state index in [1.165, 1.54) is 0 Å². The Morgan fingerprint density at radius 2 is 2.12 bits per heavy atom. The lowest BCUT2D eigenvalue weighted by Gasteiger charge is -2.38. The maximum Gasteiger partial charge on any atom is 0.248 e. The Kier molecular flexibility index (Phi) is 4.24. The first-order valence-electron chi connectivity index (χ1n) is 5.46. The molecule has 4 nitrogen and oxygen atoms in total. The van der Waals surface area contributed by atoms with Gasteiger partial charge in [-0.25, -0.2) is 0 Å². The SMILES string of the molecule is CSCC(C)CN1CC(=O)NC(C)(C)C1=O.